The number of benzene rings is 1. The Balaban J connectivity index is 2.21. The third-order valence-corrected chi connectivity index (χ3v) is 5.47. The summed E-state index contributed by atoms with van der Waals surface area (Å²) in [6.45, 7) is 7.80. The maximum absolute atomic E-state index is 5.37. The molecule has 0 bridgehead atoms. The van der Waals surface area contributed by atoms with Crippen molar-refractivity contribution in [3.8, 4) is 5.75 Å². The smallest absolute Gasteiger partial charge is 0.119 e. The molecule has 0 amide bonds. The van der Waals surface area contributed by atoms with Gasteiger partial charge in [0.1, 0.15) is 5.75 Å². The summed E-state index contributed by atoms with van der Waals surface area (Å²) in [5.74, 6) is 0.968. The summed E-state index contributed by atoms with van der Waals surface area (Å²) in [4.78, 5) is 0. The normalized spacial score (nSPS) is 23.2. The summed E-state index contributed by atoms with van der Waals surface area (Å²) >= 11 is 2.12. The number of hydrogen-bond donors (Lipinski definition) is 1. The molecule has 3 heteroatoms. The van der Waals surface area contributed by atoms with Crippen LogP contribution in [0.25, 0.3) is 0 Å². The third kappa shape index (κ3) is 3.26. The van der Waals surface area contributed by atoms with Gasteiger partial charge in [-0.3, -0.25) is 0 Å². The highest BCUT2D eigenvalue weighted by molar-refractivity contribution is 8.00. The SMILES string of the molecule is CCNC1c2cc(OC)ccc2CC1SC(C)CC. The van der Waals surface area contributed by atoms with Gasteiger partial charge in [0, 0.05) is 16.5 Å². The van der Waals surface area contributed by atoms with Gasteiger partial charge in [-0.2, -0.15) is 11.8 Å². The Labute approximate surface area is 121 Å². The Bertz CT molecular complexity index is 421. The standard InChI is InChI=1S/C16H25NOS/c1-5-11(3)19-15-9-12-7-8-13(18-4)10-14(12)16(15)17-6-2/h7-8,10-11,15-17H,5-6,9H2,1-4H3. The van der Waals surface area contributed by atoms with E-state index in [2.05, 4.69) is 56.0 Å². The molecule has 1 N–H and O–H groups in total. The van der Waals surface area contributed by atoms with Crippen LogP contribution < -0.4 is 10.1 Å². The molecule has 0 radical (unpaired) electrons. The second-order valence-electron chi connectivity index (χ2n) is 5.20. The van der Waals surface area contributed by atoms with Crippen molar-refractivity contribution in [1.82, 2.24) is 5.32 Å². The first kappa shape index (κ1) is 14.7. The van der Waals surface area contributed by atoms with Gasteiger partial charge < -0.3 is 10.1 Å². The molecule has 19 heavy (non-hydrogen) atoms. The van der Waals surface area contributed by atoms with Gasteiger partial charge in [-0.05, 0) is 42.6 Å². The quantitative estimate of drug-likeness (QED) is 0.856. The van der Waals surface area contributed by atoms with Crippen LogP contribution in [0.2, 0.25) is 0 Å². The van der Waals surface area contributed by atoms with Gasteiger partial charge in [0.05, 0.1) is 7.11 Å². The predicted molar refractivity (Wildman–Crippen MR) is 84.2 cm³/mol. The molecule has 1 aromatic carbocycles. The lowest BCUT2D eigenvalue weighted by Crippen LogP contribution is -2.28. The number of thioether (sulfide) groups is 1. The average Bonchev–Trinajstić information content (AvgIpc) is 2.76. The summed E-state index contributed by atoms with van der Waals surface area (Å²) < 4.78 is 5.37. The van der Waals surface area contributed by atoms with E-state index < -0.39 is 0 Å². The molecule has 3 atom stereocenters. The second kappa shape index (κ2) is 6.67. The molecule has 2 nitrogen and oxygen atoms in total. The van der Waals surface area contributed by atoms with Gasteiger partial charge in [0.2, 0.25) is 0 Å². The molecule has 3 unspecified atom stereocenters. The van der Waals surface area contributed by atoms with E-state index in [0.717, 1.165) is 17.5 Å². The van der Waals surface area contributed by atoms with E-state index in [1.54, 1.807) is 7.11 Å². The van der Waals surface area contributed by atoms with Crippen molar-refractivity contribution in [3.05, 3.63) is 29.3 Å². The zero-order valence-corrected chi connectivity index (χ0v) is 13.2. The molecule has 1 aliphatic rings. The van der Waals surface area contributed by atoms with Gasteiger partial charge in [-0.1, -0.05) is 26.8 Å². The van der Waals surface area contributed by atoms with Gasteiger partial charge in [0.15, 0.2) is 0 Å². The van der Waals surface area contributed by atoms with E-state index in [-0.39, 0.29) is 0 Å². The van der Waals surface area contributed by atoms with Crippen LogP contribution in [0.1, 0.15) is 44.4 Å². The fraction of sp³-hybridized carbons (Fsp3) is 0.625. The molecule has 0 aromatic heterocycles. The highest BCUT2D eigenvalue weighted by Gasteiger charge is 2.33. The van der Waals surface area contributed by atoms with Crippen LogP contribution in [0, 0.1) is 0 Å². The highest BCUT2D eigenvalue weighted by Crippen LogP contribution is 2.41. The molecule has 0 spiro atoms. The minimum absolute atomic E-state index is 0.467. The lowest BCUT2D eigenvalue weighted by Gasteiger charge is -2.23. The van der Waals surface area contributed by atoms with Crippen molar-refractivity contribution in [2.45, 2.75) is 50.2 Å². The first-order chi connectivity index (χ1) is 9.19. The van der Waals surface area contributed by atoms with E-state index in [0.29, 0.717) is 11.3 Å². The predicted octanol–water partition coefficient (Wildman–Crippen LogP) is 3.80. The number of ether oxygens (including phenoxy) is 1. The van der Waals surface area contributed by atoms with Crippen LogP contribution in [0.15, 0.2) is 18.2 Å². The Morgan fingerprint density at radius 2 is 2.21 bits per heavy atom. The molecule has 1 aliphatic carbocycles. The summed E-state index contributed by atoms with van der Waals surface area (Å²) in [6, 6.07) is 6.99. The van der Waals surface area contributed by atoms with E-state index in [4.69, 9.17) is 4.74 Å². The monoisotopic (exact) mass is 279 g/mol. The summed E-state index contributed by atoms with van der Waals surface area (Å²) in [6.07, 6.45) is 2.41. The minimum atomic E-state index is 0.467. The lowest BCUT2D eigenvalue weighted by molar-refractivity contribution is 0.413. The topological polar surface area (TPSA) is 21.3 Å². The van der Waals surface area contributed by atoms with E-state index in [9.17, 15) is 0 Å². The van der Waals surface area contributed by atoms with Crippen LogP contribution in [0.5, 0.6) is 5.75 Å². The van der Waals surface area contributed by atoms with Crippen LogP contribution in [-0.2, 0) is 6.42 Å². The number of fused-ring (bicyclic) bond motifs is 1. The molecule has 0 saturated carbocycles. The number of methoxy groups -OCH3 is 1. The Morgan fingerprint density at radius 3 is 2.84 bits per heavy atom. The molecule has 1 aromatic rings. The Kier molecular flexibility index (Phi) is 5.17. The van der Waals surface area contributed by atoms with Crippen molar-refractivity contribution in [2.75, 3.05) is 13.7 Å². The molecule has 106 valence electrons. The molecule has 0 saturated heterocycles. The van der Waals surface area contributed by atoms with Crippen molar-refractivity contribution < 1.29 is 4.74 Å². The molecular formula is C16H25NOS. The fourth-order valence-corrected chi connectivity index (χ4v) is 4.16. The van der Waals surface area contributed by atoms with Gasteiger partial charge >= 0.3 is 0 Å². The summed E-state index contributed by atoms with van der Waals surface area (Å²) in [5, 5.41) is 5.03. The van der Waals surface area contributed by atoms with Crippen LogP contribution in [0.3, 0.4) is 0 Å². The minimum Gasteiger partial charge on any atom is -0.497 e. The van der Waals surface area contributed by atoms with Crippen molar-refractivity contribution in [3.63, 3.8) is 0 Å². The first-order valence-electron chi connectivity index (χ1n) is 7.25. The number of hydrogen-bond acceptors (Lipinski definition) is 3. The zero-order valence-electron chi connectivity index (χ0n) is 12.4. The molecule has 0 aliphatic heterocycles. The molecular weight excluding hydrogens is 254 g/mol. The molecule has 0 fully saturated rings. The summed E-state index contributed by atoms with van der Waals surface area (Å²) in [7, 11) is 1.74. The molecule has 2 rings (SSSR count). The summed E-state index contributed by atoms with van der Waals surface area (Å²) in [5.41, 5.74) is 2.91. The maximum Gasteiger partial charge on any atom is 0.119 e. The first-order valence-corrected chi connectivity index (χ1v) is 8.19. The third-order valence-electron chi connectivity index (χ3n) is 3.89. The second-order valence-corrected chi connectivity index (χ2v) is 6.88. The maximum atomic E-state index is 5.37. The Hall–Kier alpha value is -0.670. The highest BCUT2D eigenvalue weighted by atomic mass is 32.2. The van der Waals surface area contributed by atoms with E-state index in [1.165, 1.54) is 24.0 Å². The van der Waals surface area contributed by atoms with Crippen molar-refractivity contribution >= 4 is 11.8 Å². The Morgan fingerprint density at radius 1 is 1.42 bits per heavy atom. The number of nitrogens with one attached hydrogen (secondary N) is 1. The average molecular weight is 279 g/mol. The van der Waals surface area contributed by atoms with Crippen LogP contribution in [-0.4, -0.2) is 24.2 Å². The fourth-order valence-electron chi connectivity index (χ4n) is 2.69. The van der Waals surface area contributed by atoms with Crippen molar-refractivity contribution in [2.24, 2.45) is 0 Å². The van der Waals surface area contributed by atoms with Gasteiger partial charge in [-0.15, -0.1) is 0 Å². The van der Waals surface area contributed by atoms with Crippen LogP contribution >= 0.6 is 11.8 Å². The lowest BCUT2D eigenvalue weighted by atomic mass is 10.1. The largest absolute Gasteiger partial charge is 0.497 e. The van der Waals surface area contributed by atoms with Crippen LogP contribution in [0.4, 0.5) is 0 Å². The van der Waals surface area contributed by atoms with Gasteiger partial charge in [0.25, 0.3) is 0 Å². The van der Waals surface area contributed by atoms with Gasteiger partial charge in [-0.25, -0.2) is 0 Å². The van der Waals surface area contributed by atoms with E-state index >= 15 is 0 Å². The molecule has 0 heterocycles. The van der Waals surface area contributed by atoms with Crippen molar-refractivity contribution in [1.29, 1.82) is 0 Å². The van der Waals surface area contributed by atoms with E-state index in [1.807, 2.05) is 0 Å². The number of rotatable bonds is 6. The zero-order chi connectivity index (χ0) is 13.8.